The Hall–Kier alpha value is -3.60. The van der Waals surface area contributed by atoms with Crippen LogP contribution in [0.2, 0.25) is 0 Å². The summed E-state index contributed by atoms with van der Waals surface area (Å²) in [6.45, 7) is 12.0. The molecule has 5 rings (SSSR count). The van der Waals surface area contributed by atoms with Gasteiger partial charge in [-0.25, -0.2) is 4.99 Å². The highest BCUT2D eigenvalue weighted by atomic mass is 32.2. The number of H-pyrrole nitrogens is 1. The van der Waals surface area contributed by atoms with Gasteiger partial charge in [0.2, 0.25) is 5.91 Å². The summed E-state index contributed by atoms with van der Waals surface area (Å²) in [6.07, 6.45) is 4.50. The number of rotatable bonds is 12. The van der Waals surface area contributed by atoms with Crippen LogP contribution in [-0.2, 0) is 32.0 Å². The van der Waals surface area contributed by atoms with Crippen molar-refractivity contribution in [2.75, 3.05) is 0 Å². The molecular formula is C33H42N4O6S. The molecule has 1 aromatic rings. The number of amides is 2. The van der Waals surface area contributed by atoms with Crippen LogP contribution in [0.3, 0.4) is 0 Å². The second-order valence-corrected chi connectivity index (χ2v) is 13.8. The van der Waals surface area contributed by atoms with Crippen molar-refractivity contribution in [1.82, 2.24) is 15.6 Å². The number of nitrogens with one attached hydrogen (secondary N) is 3. The summed E-state index contributed by atoms with van der Waals surface area (Å²) < 4.78 is 0. The number of carbonyl (C=O) groups is 4. The van der Waals surface area contributed by atoms with E-state index in [2.05, 4.69) is 27.5 Å². The predicted molar refractivity (Wildman–Crippen MR) is 170 cm³/mol. The topological polar surface area (TPSA) is 161 Å². The molecule has 0 saturated carbocycles. The summed E-state index contributed by atoms with van der Waals surface area (Å²) in [7, 11) is 0. The number of carboxylic acid groups (broad SMARTS) is 2. The first-order valence-electron chi connectivity index (χ1n) is 15.5. The molecular weight excluding hydrogens is 580 g/mol. The fourth-order valence-electron chi connectivity index (χ4n) is 7.34. The quantitative estimate of drug-likeness (QED) is 0.210. The van der Waals surface area contributed by atoms with E-state index in [0.717, 1.165) is 56.9 Å². The predicted octanol–water partition coefficient (Wildman–Crippen LogP) is 4.69. The molecule has 0 radical (unpaired) electrons. The molecule has 4 aliphatic heterocycles. The van der Waals surface area contributed by atoms with Gasteiger partial charge in [-0.05, 0) is 80.4 Å². The summed E-state index contributed by atoms with van der Waals surface area (Å²) in [5.74, 6) is -1.74. The number of carbonyl (C=O) groups excluding carboxylic acids is 2. The van der Waals surface area contributed by atoms with Crippen LogP contribution in [0.25, 0.3) is 6.08 Å². The molecule has 5 N–H and O–H groups in total. The van der Waals surface area contributed by atoms with Crippen LogP contribution in [-0.4, -0.2) is 60.8 Å². The van der Waals surface area contributed by atoms with Crippen LogP contribution >= 0.6 is 11.8 Å². The Balaban J connectivity index is 1.51. The molecule has 10 nitrogen and oxygen atoms in total. The maximum Gasteiger partial charge on any atom is 0.303 e. The van der Waals surface area contributed by atoms with E-state index >= 15 is 0 Å². The molecule has 4 aliphatic rings. The van der Waals surface area contributed by atoms with Gasteiger partial charge >= 0.3 is 11.9 Å². The number of aromatic amines is 1. The lowest BCUT2D eigenvalue weighted by molar-refractivity contribution is -0.138. The van der Waals surface area contributed by atoms with E-state index in [-0.39, 0.29) is 52.7 Å². The number of hydrogen-bond acceptors (Lipinski definition) is 6. The third-order valence-electron chi connectivity index (χ3n) is 9.96. The fourth-order valence-corrected chi connectivity index (χ4v) is 9.17. The SMILES string of the molecule is CCC1=C(C)C(Cc2[nH]c(/C=C3\NC([C@@H]4S[C@]45NC(=O)[C@H](C)[C@H]5CC)C(C)=C3CCC(=O)O)c(CCC(=O)O)c2C)=NC1=O. The highest BCUT2D eigenvalue weighted by Crippen LogP contribution is 2.64. The van der Waals surface area contributed by atoms with Crippen LogP contribution in [0.1, 0.15) is 89.2 Å². The molecule has 236 valence electrons. The maximum atomic E-state index is 12.7. The maximum absolute atomic E-state index is 12.7. The molecule has 1 aromatic heterocycles. The molecule has 0 aliphatic carbocycles. The van der Waals surface area contributed by atoms with Crippen molar-refractivity contribution in [3.05, 3.63) is 50.5 Å². The van der Waals surface area contributed by atoms with Crippen LogP contribution < -0.4 is 10.6 Å². The Kier molecular flexibility index (Phi) is 8.72. The number of allylic oxidation sites excluding steroid dienone is 2. The smallest absolute Gasteiger partial charge is 0.303 e. The van der Waals surface area contributed by atoms with Gasteiger partial charge in [-0.15, -0.1) is 11.8 Å². The molecule has 0 bridgehead atoms. The van der Waals surface area contributed by atoms with Crippen LogP contribution in [0.4, 0.5) is 0 Å². The van der Waals surface area contributed by atoms with Gasteiger partial charge in [0, 0.05) is 53.8 Å². The molecule has 5 atom stereocenters. The van der Waals surface area contributed by atoms with Gasteiger partial charge in [-0.1, -0.05) is 20.8 Å². The Morgan fingerprint density at radius 1 is 1.05 bits per heavy atom. The number of hydrogen-bond donors (Lipinski definition) is 5. The Morgan fingerprint density at radius 3 is 2.34 bits per heavy atom. The van der Waals surface area contributed by atoms with Gasteiger partial charge < -0.3 is 25.8 Å². The summed E-state index contributed by atoms with van der Waals surface area (Å²) in [4.78, 5) is 55.7. The van der Waals surface area contributed by atoms with Crippen molar-refractivity contribution in [2.45, 2.75) is 103 Å². The molecule has 1 spiro atoms. The van der Waals surface area contributed by atoms with Gasteiger partial charge in [-0.3, -0.25) is 19.2 Å². The first kappa shape index (κ1) is 31.8. The molecule has 5 heterocycles. The van der Waals surface area contributed by atoms with Gasteiger partial charge in [-0.2, -0.15) is 0 Å². The minimum atomic E-state index is -0.894. The molecule has 2 saturated heterocycles. The number of thioether (sulfide) groups is 1. The number of aliphatic imine (C=N–C) groups is 1. The minimum Gasteiger partial charge on any atom is -0.481 e. The Bertz CT molecular complexity index is 1570. The zero-order valence-electron chi connectivity index (χ0n) is 26.2. The van der Waals surface area contributed by atoms with Crippen LogP contribution in [0.15, 0.2) is 33.0 Å². The molecule has 2 amide bonds. The van der Waals surface area contributed by atoms with Crippen molar-refractivity contribution in [3.63, 3.8) is 0 Å². The van der Waals surface area contributed by atoms with Crippen molar-refractivity contribution >= 4 is 47.3 Å². The highest BCUT2D eigenvalue weighted by Gasteiger charge is 2.69. The van der Waals surface area contributed by atoms with E-state index in [1.54, 1.807) is 11.8 Å². The average Bonchev–Trinajstić information content (AvgIpc) is 3.16. The summed E-state index contributed by atoms with van der Waals surface area (Å²) in [5.41, 5.74) is 8.56. The molecule has 44 heavy (non-hydrogen) atoms. The van der Waals surface area contributed by atoms with E-state index < -0.39 is 11.9 Å². The third-order valence-corrected chi connectivity index (χ3v) is 11.6. The first-order valence-corrected chi connectivity index (χ1v) is 16.3. The average molecular weight is 623 g/mol. The number of aromatic nitrogens is 1. The Labute approximate surface area is 261 Å². The lowest BCUT2D eigenvalue weighted by Gasteiger charge is -2.21. The van der Waals surface area contributed by atoms with E-state index in [9.17, 15) is 29.4 Å². The molecule has 2 fully saturated rings. The van der Waals surface area contributed by atoms with E-state index in [4.69, 9.17) is 0 Å². The summed E-state index contributed by atoms with van der Waals surface area (Å²) >= 11 is 1.77. The lowest BCUT2D eigenvalue weighted by Crippen LogP contribution is -2.42. The first-order chi connectivity index (χ1) is 20.8. The largest absolute Gasteiger partial charge is 0.481 e. The number of carboxylic acids is 2. The van der Waals surface area contributed by atoms with Gasteiger partial charge in [0.25, 0.3) is 5.91 Å². The van der Waals surface area contributed by atoms with Crippen molar-refractivity contribution < 1.29 is 29.4 Å². The summed E-state index contributed by atoms with van der Waals surface area (Å²) in [6, 6.07) is -0.0770. The van der Waals surface area contributed by atoms with Crippen molar-refractivity contribution in [3.8, 4) is 0 Å². The summed E-state index contributed by atoms with van der Waals surface area (Å²) in [5, 5.41) is 26.1. The number of aliphatic carboxylic acids is 2. The monoisotopic (exact) mass is 622 g/mol. The molecule has 1 unspecified atom stereocenters. The minimum absolute atomic E-state index is 0.0210. The van der Waals surface area contributed by atoms with Gasteiger partial charge in [0.05, 0.1) is 17.0 Å². The standard InChI is InChI=1S/C33H42N4O6S/c1-7-19-15(3)24(36-32(19)43)13-23-16(4)20(9-11-27(38)39)25(34-23)14-26-21(10-12-28(40)41)17(5)29(35-26)30-33(44-30)22(8-2)18(6)31(42)37-33/h14,18,22,29-30,34-35H,7-13H2,1-6H3,(H,37,42)(H,38,39)(H,40,41)/b26-14-/t18-,22-,29?,30+,33+/m1/s1. The van der Waals surface area contributed by atoms with E-state index in [0.29, 0.717) is 31.4 Å². The third kappa shape index (κ3) is 5.55. The Morgan fingerprint density at radius 2 is 1.73 bits per heavy atom. The van der Waals surface area contributed by atoms with E-state index in [1.807, 2.05) is 40.7 Å². The zero-order valence-corrected chi connectivity index (χ0v) is 27.0. The van der Waals surface area contributed by atoms with Crippen molar-refractivity contribution in [1.29, 1.82) is 0 Å². The van der Waals surface area contributed by atoms with Crippen molar-refractivity contribution in [2.24, 2.45) is 16.8 Å². The zero-order chi connectivity index (χ0) is 32.1. The lowest BCUT2D eigenvalue weighted by atomic mass is 9.85. The van der Waals surface area contributed by atoms with Gasteiger partial charge in [0.1, 0.15) is 4.87 Å². The van der Waals surface area contributed by atoms with Crippen LogP contribution in [0, 0.1) is 18.8 Å². The van der Waals surface area contributed by atoms with E-state index in [1.165, 1.54) is 0 Å². The van der Waals surface area contributed by atoms with Crippen LogP contribution in [0.5, 0.6) is 0 Å². The normalized spacial score (nSPS) is 28.8. The number of nitrogens with zero attached hydrogens (tertiary/aromatic N) is 1. The second kappa shape index (κ2) is 12.1. The fraction of sp³-hybridized carbons (Fsp3) is 0.545. The second-order valence-electron chi connectivity index (χ2n) is 12.4. The molecule has 0 aromatic carbocycles. The highest BCUT2D eigenvalue weighted by molar-refractivity contribution is 8.08. The van der Waals surface area contributed by atoms with Gasteiger partial charge in [0.15, 0.2) is 0 Å². The molecule has 11 heteroatoms.